The van der Waals surface area contributed by atoms with Gasteiger partial charge >= 0.3 is 71.4 Å². The van der Waals surface area contributed by atoms with E-state index in [9.17, 15) is 63.9 Å². The van der Waals surface area contributed by atoms with Crippen LogP contribution in [0.4, 0.5) is 17.1 Å². The lowest BCUT2D eigenvalue weighted by Crippen LogP contribution is -2.39. The van der Waals surface area contributed by atoms with E-state index in [1.54, 1.807) is 27.7 Å². The Kier molecular flexibility index (Phi) is 52.8. The van der Waals surface area contributed by atoms with Crippen molar-refractivity contribution >= 4 is 77.1 Å². The quantitative estimate of drug-likeness (QED) is 0.0184. The summed E-state index contributed by atoms with van der Waals surface area (Å²) in [5.74, 6) is -9.05. The molecule has 0 bridgehead atoms. The third-order valence-corrected chi connectivity index (χ3v) is 7.95. The third-order valence-electron chi connectivity index (χ3n) is 7.95. The fourth-order valence-electron chi connectivity index (χ4n) is 4.11. The van der Waals surface area contributed by atoms with Crippen LogP contribution in [0.3, 0.4) is 0 Å². The molecule has 0 radical (unpaired) electrons. The van der Waals surface area contributed by atoms with E-state index in [2.05, 4.69) is 6.92 Å². The molecular weight excluding hydrogens is 1080 g/mol. The van der Waals surface area contributed by atoms with E-state index in [1.807, 2.05) is 0 Å². The number of carbonyl (C=O) groups is 7. The Balaban J connectivity index is -0.000000152. The number of nitrogens with zero attached hydrogens (tertiary/aromatic N) is 3. The summed E-state index contributed by atoms with van der Waals surface area (Å²) in [5.41, 5.74) is -3.59. The van der Waals surface area contributed by atoms with Crippen molar-refractivity contribution < 1.29 is 136 Å². The van der Waals surface area contributed by atoms with Gasteiger partial charge in [0.2, 0.25) is 0 Å². The minimum atomic E-state index is -4.67. The summed E-state index contributed by atoms with van der Waals surface area (Å²) >= 11 is 0. The molecule has 2 unspecified atom stereocenters. The van der Waals surface area contributed by atoms with Gasteiger partial charge in [-0.15, -0.1) is 0 Å². The lowest BCUT2D eigenvalue weighted by molar-refractivity contribution is -0.404. The van der Waals surface area contributed by atoms with E-state index >= 15 is 0 Å². The Hall–Kier alpha value is -6.59. The van der Waals surface area contributed by atoms with Crippen LogP contribution >= 0.6 is 7.82 Å². The predicted octanol–water partition coefficient (Wildman–Crippen LogP) is 5.28. The topological polar surface area (TPSA) is 604 Å². The Morgan fingerprint density at radius 3 is 0.921 bits per heavy atom. The van der Waals surface area contributed by atoms with E-state index in [0.29, 0.717) is 18.6 Å². The molecule has 0 aliphatic heterocycles. The van der Waals surface area contributed by atoms with Gasteiger partial charge in [0.15, 0.2) is 12.2 Å². The second kappa shape index (κ2) is 48.1. The standard InChI is InChI=1S/C18H36O2.C6H3N3O7.C5H10O2.C4H6O6.C4H6O4.C3H6O2.H3O4P.H2O4S/c1-2-3-4-5-6-7-8-9-10-11-12-13-14-15-16-17-18(19)20;10-6-4(8(13)14)1-3(7(11)12)2-5(6)9(15)16;1-5(2,3)4(6)7;5-1(3(7)8)2(6)4(9)10;5-3(6)1-2-4(7)8;1-2-3(4)5;2*1-5(2,3)4/h2-17H2,1H3,(H,19,20);1-2,10H;1-3H3,(H,6,7);1-2,5-6H,(H,7,8)(H,9,10);1-2H2,(H,5,6)(H,7,8);2H2,1H3,(H,4,5);(H3,1,2,3,4);(H2,1,2,3,4). The molecule has 0 heterocycles. The number of benzene rings is 1. The Morgan fingerprint density at radius 2 is 0.763 bits per heavy atom. The number of carboxylic acid groups (broad SMARTS) is 7. The zero-order valence-electron chi connectivity index (χ0n) is 42.2. The van der Waals surface area contributed by atoms with Crippen molar-refractivity contribution in [2.24, 2.45) is 5.41 Å². The van der Waals surface area contributed by atoms with Gasteiger partial charge in [-0.3, -0.25) is 63.4 Å². The largest absolute Gasteiger partial charge is 0.497 e. The van der Waals surface area contributed by atoms with Gasteiger partial charge in [0.25, 0.3) is 11.4 Å². The molecule has 1 aromatic rings. The minimum absolute atomic E-state index is 0.222. The molecule has 0 saturated carbocycles. The highest BCUT2D eigenvalue weighted by molar-refractivity contribution is 7.79. The average molecular weight is 1150 g/mol. The summed E-state index contributed by atoms with van der Waals surface area (Å²) in [6.45, 7) is 8.86. The van der Waals surface area contributed by atoms with Crippen LogP contribution in [0, 0.1) is 35.8 Å². The van der Waals surface area contributed by atoms with Gasteiger partial charge in [-0.05, 0) is 27.2 Å². The number of hydrogen-bond donors (Lipinski definition) is 15. The highest BCUT2D eigenvalue weighted by atomic mass is 32.3. The molecule has 1 aromatic carbocycles. The molecule has 2 atom stereocenters. The predicted molar refractivity (Wildman–Crippen MR) is 261 cm³/mol. The number of nitro benzene ring substituents is 3. The molecule has 15 N–H and O–H groups in total. The summed E-state index contributed by atoms with van der Waals surface area (Å²) in [6.07, 6.45) is 15.3. The van der Waals surface area contributed by atoms with Gasteiger partial charge in [0, 0.05) is 12.8 Å². The van der Waals surface area contributed by atoms with E-state index in [1.165, 1.54) is 83.5 Å². The Morgan fingerprint density at radius 1 is 0.539 bits per heavy atom. The Bertz CT molecular complexity index is 1970. The van der Waals surface area contributed by atoms with Crippen LogP contribution in [0.15, 0.2) is 12.1 Å². The first-order chi connectivity index (χ1) is 34.4. The number of phenols is 1. The summed E-state index contributed by atoms with van der Waals surface area (Å²) in [4.78, 5) is 118. The maximum absolute atomic E-state index is 10.4. The number of unbranched alkanes of at least 4 members (excludes halogenated alkanes) is 14. The molecule has 0 saturated heterocycles. The number of nitro groups is 3. The SMILES string of the molecule is CC(C)(C)C(=O)O.CCC(=O)O.CCCCCCCCCCCCCCCCCC(=O)O.O=C(O)C(O)C(O)C(=O)O.O=C(O)CCC(=O)O.O=P(O)(O)O.O=S(=O)(O)O.O=[N+]([O-])c1cc([N+](=O)[O-])c(O)c([N+](=O)[O-])c1. The molecule has 444 valence electrons. The molecule has 1 rings (SSSR count). The number of carboxylic acids is 7. The summed E-state index contributed by atoms with van der Waals surface area (Å²) in [6, 6.07) is 0.894. The maximum Gasteiger partial charge on any atom is 0.466 e. The molecule has 0 fully saturated rings. The van der Waals surface area contributed by atoms with Gasteiger partial charge in [0.05, 0.1) is 45.2 Å². The molecular formula is C40H72N3O31PS. The number of rotatable bonds is 26. The lowest BCUT2D eigenvalue weighted by atomic mass is 9.98. The van der Waals surface area contributed by atoms with E-state index in [-0.39, 0.29) is 19.3 Å². The lowest BCUT2D eigenvalue weighted by Gasteiger charge is -2.08. The number of phosphoric acid groups is 1. The van der Waals surface area contributed by atoms with Crippen LogP contribution in [0.1, 0.15) is 157 Å². The molecule has 0 aliphatic carbocycles. The first-order valence-corrected chi connectivity index (χ1v) is 25.1. The second-order valence-electron chi connectivity index (χ2n) is 15.8. The molecule has 0 aliphatic rings. The van der Waals surface area contributed by atoms with Gasteiger partial charge in [-0.2, -0.15) is 8.42 Å². The molecule has 76 heavy (non-hydrogen) atoms. The van der Waals surface area contributed by atoms with Gasteiger partial charge in [0.1, 0.15) is 0 Å². The second-order valence-corrected chi connectivity index (χ2v) is 17.7. The van der Waals surface area contributed by atoms with Crippen LogP contribution in [-0.4, -0.2) is 152 Å². The number of non-ortho nitro benzene ring substituents is 1. The fraction of sp³-hybridized carbons (Fsp3) is 0.675. The fourth-order valence-corrected chi connectivity index (χ4v) is 4.11. The first-order valence-electron chi connectivity index (χ1n) is 22.1. The highest BCUT2D eigenvalue weighted by Gasteiger charge is 2.30. The number of aliphatic hydroxyl groups is 2. The smallest absolute Gasteiger partial charge is 0.466 e. The zero-order valence-corrected chi connectivity index (χ0v) is 43.9. The number of aliphatic hydroxyl groups excluding tert-OH is 2. The van der Waals surface area contributed by atoms with Gasteiger partial charge in [-0.25, -0.2) is 14.2 Å². The summed E-state index contributed by atoms with van der Waals surface area (Å²) in [7, 11) is -9.31. The number of aliphatic carboxylic acids is 7. The molecule has 36 heteroatoms. The molecule has 0 spiro atoms. The van der Waals surface area contributed by atoms with Crippen molar-refractivity contribution in [3.63, 3.8) is 0 Å². The molecule has 0 amide bonds. The van der Waals surface area contributed by atoms with E-state index < -0.39 is 115 Å². The van der Waals surface area contributed by atoms with Crippen LogP contribution in [-0.2, 0) is 48.5 Å². The molecule has 34 nitrogen and oxygen atoms in total. The van der Waals surface area contributed by atoms with Crippen LogP contribution in [0.5, 0.6) is 5.75 Å². The number of hydrogen-bond acceptors (Lipinski definition) is 19. The monoisotopic (exact) mass is 1150 g/mol. The first kappa shape index (κ1) is 83.4. The summed E-state index contributed by atoms with van der Waals surface area (Å²) < 4.78 is 40.5. The van der Waals surface area contributed by atoms with Crippen molar-refractivity contribution in [2.75, 3.05) is 0 Å². The maximum atomic E-state index is 10.4. The summed E-state index contributed by atoms with van der Waals surface area (Å²) in [5, 5.41) is 113. The van der Waals surface area contributed by atoms with Crippen LogP contribution < -0.4 is 0 Å². The highest BCUT2D eigenvalue weighted by Crippen LogP contribution is 2.39. The average Bonchev–Trinajstić information content (AvgIpc) is 3.25. The van der Waals surface area contributed by atoms with E-state index in [0.717, 1.165) is 12.8 Å². The van der Waals surface area contributed by atoms with Crippen molar-refractivity contribution in [3.8, 4) is 5.75 Å². The normalized spacial score (nSPS) is 10.9. The zero-order chi connectivity index (χ0) is 61.6. The van der Waals surface area contributed by atoms with Crippen molar-refractivity contribution in [2.45, 2.75) is 169 Å². The van der Waals surface area contributed by atoms with Crippen molar-refractivity contribution in [3.05, 3.63) is 42.5 Å². The van der Waals surface area contributed by atoms with Gasteiger partial charge in [-0.1, -0.05) is 104 Å². The van der Waals surface area contributed by atoms with Crippen LogP contribution in [0.25, 0.3) is 0 Å². The Labute approximate surface area is 434 Å². The van der Waals surface area contributed by atoms with Crippen LogP contribution in [0.2, 0.25) is 0 Å². The van der Waals surface area contributed by atoms with Gasteiger partial charge < -0.3 is 65.7 Å². The number of aromatic hydroxyl groups is 1. The van der Waals surface area contributed by atoms with Crippen molar-refractivity contribution in [1.82, 2.24) is 0 Å². The van der Waals surface area contributed by atoms with E-state index in [4.69, 9.17) is 87.8 Å². The number of phenolic OH excluding ortho intramolecular Hbond substituents is 1. The molecule has 0 aromatic heterocycles. The van der Waals surface area contributed by atoms with Crippen molar-refractivity contribution in [1.29, 1.82) is 0 Å². The minimum Gasteiger partial charge on any atom is -0.497 e. The third kappa shape index (κ3) is 73.9.